The Hall–Kier alpha value is -3.58. The predicted octanol–water partition coefficient (Wildman–Crippen LogP) is 4.49. The predicted molar refractivity (Wildman–Crippen MR) is 140 cm³/mol. The molecule has 36 heavy (non-hydrogen) atoms. The average molecular weight is 487 g/mol. The molecule has 2 heterocycles. The maximum Gasteiger partial charge on any atom is 0.254 e. The molecule has 1 saturated carbocycles. The number of fused-ring (bicyclic) bond motifs is 1. The van der Waals surface area contributed by atoms with Crippen LogP contribution >= 0.6 is 0 Å². The summed E-state index contributed by atoms with van der Waals surface area (Å²) >= 11 is 0. The van der Waals surface area contributed by atoms with Crippen molar-refractivity contribution >= 4 is 5.91 Å². The molecular weight excluding hydrogens is 452 g/mol. The summed E-state index contributed by atoms with van der Waals surface area (Å²) in [5, 5.41) is 5.11. The Labute approximate surface area is 212 Å². The summed E-state index contributed by atoms with van der Waals surface area (Å²) in [6, 6.07) is 15.4. The van der Waals surface area contributed by atoms with Gasteiger partial charge >= 0.3 is 0 Å². The topological polar surface area (TPSA) is 59.8 Å². The number of nitrogens with zero attached hydrogens (tertiary/aromatic N) is 4. The average Bonchev–Trinajstić information content (AvgIpc) is 3.67. The Kier molecular flexibility index (Phi) is 7.09. The van der Waals surface area contributed by atoms with Gasteiger partial charge in [0.15, 0.2) is 0 Å². The zero-order chi connectivity index (χ0) is 25.1. The van der Waals surface area contributed by atoms with Crippen molar-refractivity contribution in [3.63, 3.8) is 0 Å². The number of rotatable bonds is 10. The molecular formula is C29H34N4O3. The molecule has 0 unspecified atom stereocenters. The lowest BCUT2D eigenvalue weighted by molar-refractivity contribution is 0.0731. The van der Waals surface area contributed by atoms with E-state index >= 15 is 0 Å². The normalized spacial score (nSPS) is 15.3. The number of hydrogen-bond acceptors (Lipinski definition) is 5. The lowest BCUT2D eigenvalue weighted by atomic mass is 10.0. The molecule has 7 nitrogen and oxygen atoms in total. The smallest absolute Gasteiger partial charge is 0.254 e. The van der Waals surface area contributed by atoms with E-state index < -0.39 is 0 Å². The van der Waals surface area contributed by atoms with Gasteiger partial charge in [0, 0.05) is 43.7 Å². The largest absolute Gasteiger partial charge is 0.497 e. The molecule has 0 saturated heterocycles. The van der Waals surface area contributed by atoms with E-state index in [9.17, 15) is 4.79 Å². The fourth-order valence-electron chi connectivity index (χ4n) is 4.96. The fourth-order valence-corrected chi connectivity index (χ4v) is 4.96. The third-order valence-electron chi connectivity index (χ3n) is 7.04. The van der Waals surface area contributed by atoms with E-state index in [1.165, 1.54) is 24.1 Å². The number of carbonyl (C=O) groups is 1. The summed E-state index contributed by atoms with van der Waals surface area (Å²) in [5.74, 6) is 2.04. The van der Waals surface area contributed by atoms with Gasteiger partial charge in [-0.25, -0.2) is 4.68 Å². The Morgan fingerprint density at radius 1 is 1.17 bits per heavy atom. The Morgan fingerprint density at radius 2 is 2.00 bits per heavy atom. The molecule has 0 radical (unpaired) electrons. The minimum atomic E-state index is 0.0140. The molecule has 0 spiro atoms. The SMILES string of the molecule is C=CCN1CCc2c(c(CN(CC3CC3)C(=O)c3cccc(OC)c3)nn2-c2ccccc2OC)C1. The van der Waals surface area contributed by atoms with Crippen molar-refractivity contribution in [2.45, 2.75) is 32.4 Å². The summed E-state index contributed by atoms with van der Waals surface area (Å²) < 4.78 is 13.1. The van der Waals surface area contributed by atoms with Crippen LogP contribution < -0.4 is 9.47 Å². The van der Waals surface area contributed by atoms with Gasteiger partial charge in [0.05, 0.1) is 32.2 Å². The first-order chi connectivity index (χ1) is 17.6. The van der Waals surface area contributed by atoms with Gasteiger partial charge in [0.25, 0.3) is 5.91 Å². The van der Waals surface area contributed by atoms with Crippen LogP contribution in [0.3, 0.4) is 0 Å². The van der Waals surface area contributed by atoms with Crippen LogP contribution in [0.2, 0.25) is 0 Å². The molecule has 1 amide bonds. The molecule has 1 aliphatic carbocycles. The molecule has 1 aliphatic heterocycles. The molecule has 0 bridgehead atoms. The van der Waals surface area contributed by atoms with Gasteiger partial charge in [0.1, 0.15) is 17.2 Å². The number of ether oxygens (including phenoxy) is 2. The van der Waals surface area contributed by atoms with E-state index in [0.29, 0.717) is 23.8 Å². The first kappa shape index (κ1) is 24.1. The van der Waals surface area contributed by atoms with Crippen LogP contribution in [-0.2, 0) is 19.5 Å². The molecule has 1 aromatic heterocycles. The van der Waals surface area contributed by atoms with Crippen LogP contribution in [0.1, 0.15) is 40.2 Å². The highest BCUT2D eigenvalue weighted by Gasteiger charge is 2.31. The summed E-state index contributed by atoms with van der Waals surface area (Å²) in [5.41, 5.74) is 4.90. The first-order valence-electron chi connectivity index (χ1n) is 12.6. The van der Waals surface area contributed by atoms with E-state index in [2.05, 4.69) is 11.5 Å². The van der Waals surface area contributed by atoms with Crippen LogP contribution in [0, 0.1) is 5.92 Å². The minimum absolute atomic E-state index is 0.0140. The zero-order valence-electron chi connectivity index (χ0n) is 21.2. The van der Waals surface area contributed by atoms with Crippen molar-refractivity contribution in [1.29, 1.82) is 0 Å². The van der Waals surface area contributed by atoms with Gasteiger partial charge < -0.3 is 14.4 Å². The van der Waals surface area contributed by atoms with Gasteiger partial charge in [-0.1, -0.05) is 24.3 Å². The number of hydrogen-bond donors (Lipinski definition) is 0. The quantitative estimate of drug-likeness (QED) is 0.395. The Morgan fingerprint density at radius 3 is 2.75 bits per heavy atom. The summed E-state index contributed by atoms with van der Waals surface area (Å²) in [7, 11) is 3.31. The lowest BCUT2D eigenvalue weighted by Crippen LogP contribution is -2.34. The number of carbonyl (C=O) groups excluding carboxylic acids is 1. The molecule has 5 rings (SSSR count). The Bertz CT molecular complexity index is 1250. The zero-order valence-corrected chi connectivity index (χ0v) is 21.2. The lowest BCUT2D eigenvalue weighted by Gasteiger charge is -2.28. The second-order valence-corrected chi connectivity index (χ2v) is 9.59. The number of benzene rings is 2. The third kappa shape index (κ3) is 5.02. The van der Waals surface area contributed by atoms with Crippen LogP contribution in [0.5, 0.6) is 11.5 Å². The highest BCUT2D eigenvalue weighted by molar-refractivity contribution is 5.94. The molecule has 0 N–H and O–H groups in total. The van der Waals surface area contributed by atoms with Crippen molar-refractivity contribution < 1.29 is 14.3 Å². The fraction of sp³-hybridized carbons (Fsp3) is 0.379. The minimum Gasteiger partial charge on any atom is -0.497 e. The van der Waals surface area contributed by atoms with Crippen LogP contribution in [0.15, 0.2) is 61.2 Å². The van der Waals surface area contributed by atoms with E-state index in [1.54, 1.807) is 14.2 Å². The maximum atomic E-state index is 13.7. The van der Waals surface area contributed by atoms with E-state index in [4.69, 9.17) is 14.6 Å². The third-order valence-corrected chi connectivity index (χ3v) is 7.04. The molecule has 1 fully saturated rings. The van der Waals surface area contributed by atoms with E-state index in [1.807, 2.05) is 64.2 Å². The highest BCUT2D eigenvalue weighted by Crippen LogP contribution is 2.33. The number of para-hydroxylation sites is 2. The van der Waals surface area contributed by atoms with Crippen molar-refractivity contribution in [3.05, 3.63) is 83.7 Å². The monoisotopic (exact) mass is 486 g/mol. The van der Waals surface area contributed by atoms with Crippen molar-refractivity contribution in [3.8, 4) is 17.2 Å². The Balaban J connectivity index is 1.53. The van der Waals surface area contributed by atoms with Gasteiger partial charge in [-0.3, -0.25) is 9.69 Å². The van der Waals surface area contributed by atoms with Crippen LogP contribution in [0.4, 0.5) is 0 Å². The van der Waals surface area contributed by atoms with Gasteiger partial charge in [-0.05, 0) is 49.1 Å². The molecule has 7 heteroatoms. The van der Waals surface area contributed by atoms with Gasteiger partial charge in [-0.15, -0.1) is 6.58 Å². The van der Waals surface area contributed by atoms with Crippen LogP contribution in [0.25, 0.3) is 5.69 Å². The molecule has 3 aromatic rings. The maximum absolute atomic E-state index is 13.7. The van der Waals surface area contributed by atoms with Gasteiger partial charge in [-0.2, -0.15) is 5.10 Å². The molecule has 2 aromatic carbocycles. The summed E-state index contributed by atoms with van der Waals surface area (Å²) in [6.45, 7) is 7.69. The second kappa shape index (κ2) is 10.6. The van der Waals surface area contributed by atoms with E-state index in [0.717, 1.165) is 49.7 Å². The summed E-state index contributed by atoms with van der Waals surface area (Å²) in [4.78, 5) is 18.0. The van der Waals surface area contributed by atoms with Crippen molar-refractivity contribution in [1.82, 2.24) is 19.6 Å². The number of methoxy groups -OCH3 is 2. The van der Waals surface area contributed by atoms with Crippen molar-refractivity contribution in [2.75, 3.05) is 33.9 Å². The molecule has 0 atom stereocenters. The van der Waals surface area contributed by atoms with Crippen LogP contribution in [-0.4, -0.2) is 59.3 Å². The number of aromatic nitrogens is 2. The first-order valence-corrected chi connectivity index (χ1v) is 12.6. The standard InChI is InChI=1S/C29H34N4O3/c1-4-15-31-16-14-26-24(19-31)25(30-33(26)27-10-5-6-11-28(27)36-3)20-32(18-21-12-13-21)29(34)22-8-7-9-23(17-22)35-2/h4-11,17,21H,1,12-16,18-20H2,2-3H3. The molecule has 188 valence electrons. The molecule has 2 aliphatic rings. The van der Waals surface area contributed by atoms with Gasteiger partial charge in [0.2, 0.25) is 0 Å². The van der Waals surface area contributed by atoms with Crippen molar-refractivity contribution in [2.24, 2.45) is 5.92 Å². The highest BCUT2D eigenvalue weighted by atomic mass is 16.5. The van der Waals surface area contributed by atoms with E-state index in [-0.39, 0.29) is 5.91 Å². The number of amides is 1. The summed E-state index contributed by atoms with van der Waals surface area (Å²) in [6.07, 6.45) is 5.16. The second-order valence-electron chi connectivity index (χ2n) is 9.59.